The van der Waals surface area contributed by atoms with Gasteiger partial charge in [0.1, 0.15) is 0 Å². The first kappa shape index (κ1) is 20.7. The Morgan fingerprint density at radius 2 is 1.93 bits per heavy atom. The van der Waals surface area contributed by atoms with Gasteiger partial charge >= 0.3 is 0 Å². The van der Waals surface area contributed by atoms with Gasteiger partial charge in [-0.15, -0.1) is 0 Å². The van der Waals surface area contributed by atoms with Gasteiger partial charge in [-0.1, -0.05) is 12.1 Å². The monoisotopic (exact) mass is 403 g/mol. The summed E-state index contributed by atoms with van der Waals surface area (Å²) >= 11 is 0. The van der Waals surface area contributed by atoms with Crippen molar-refractivity contribution in [3.8, 4) is 0 Å². The molecule has 1 amide bonds. The number of pyridine rings is 1. The summed E-state index contributed by atoms with van der Waals surface area (Å²) in [4.78, 5) is 21.9. The topological polar surface area (TPSA) is 70.6 Å². The van der Waals surface area contributed by atoms with Gasteiger partial charge < -0.3 is 9.80 Å². The number of sulfone groups is 1. The fourth-order valence-electron chi connectivity index (χ4n) is 3.77. The standard InChI is InChI=1S/C21H29N3O3S/c1-15-6-7-17-13-19(16(2)22-20(17)12-15)21(25)24(10-5-9-23(3)4)18-8-11-28(26,27)14-18/h6-7,12-13,18H,5,8-11,14H2,1-4H3. The molecule has 6 nitrogen and oxygen atoms in total. The smallest absolute Gasteiger partial charge is 0.255 e. The summed E-state index contributed by atoms with van der Waals surface area (Å²) in [7, 11) is 0.916. The second-order valence-corrected chi connectivity index (χ2v) is 10.3. The van der Waals surface area contributed by atoms with Crippen molar-refractivity contribution in [3.63, 3.8) is 0 Å². The largest absolute Gasteiger partial charge is 0.335 e. The summed E-state index contributed by atoms with van der Waals surface area (Å²) in [5.41, 5.74) is 3.24. The Kier molecular flexibility index (Phi) is 6.05. The van der Waals surface area contributed by atoms with Crippen LogP contribution in [-0.4, -0.2) is 73.8 Å². The molecule has 0 spiro atoms. The third-order valence-corrected chi connectivity index (χ3v) is 7.06. The zero-order valence-electron chi connectivity index (χ0n) is 17.1. The highest BCUT2D eigenvalue weighted by Gasteiger charge is 2.35. The lowest BCUT2D eigenvalue weighted by molar-refractivity contribution is 0.0689. The Balaban J connectivity index is 1.92. The van der Waals surface area contributed by atoms with Crippen molar-refractivity contribution in [1.29, 1.82) is 0 Å². The van der Waals surface area contributed by atoms with Gasteiger partial charge in [-0.05, 0) is 65.0 Å². The number of aromatic nitrogens is 1. The van der Waals surface area contributed by atoms with Crippen molar-refractivity contribution >= 4 is 26.6 Å². The van der Waals surface area contributed by atoms with E-state index in [4.69, 9.17) is 0 Å². The first-order chi connectivity index (χ1) is 13.2. The Bertz CT molecular complexity index is 986. The van der Waals surface area contributed by atoms with E-state index in [1.807, 2.05) is 52.2 Å². The molecule has 0 N–H and O–H groups in total. The summed E-state index contributed by atoms with van der Waals surface area (Å²) in [6.45, 7) is 5.25. The molecule has 1 aromatic heterocycles. The predicted molar refractivity (Wildman–Crippen MR) is 112 cm³/mol. The minimum absolute atomic E-state index is 0.0555. The minimum atomic E-state index is -3.07. The molecule has 0 radical (unpaired) electrons. The van der Waals surface area contributed by atoms with Crippen LogP contribution in [-0.2, 0) is 9.84 Å². The van der Waals surface area contributed by atoms with Crippen molar-refractivity contribution in [1.82, 2.24) is 14.8 Å². The van der Waals surface area contributed by atoms with Crippen LogP contribution >= 0.6 is 0 Å². The molecule has 0 aliphatic carbocycles. The van der Waals surface area contributed by atoms with Gasteiger partial charge in [0.2, 0.25) is 0 Å². The van der Waals surface area contributed by atoms with Crippen molar-refractivity contribution in [2.24, 2.45) is 0 Å². The molecular weight excluding hydrogens is 374 g/mol. The van der Waals surface area contributed by atoms with Crippen LogP contribution in [0.2, 0.25) is 0 Å². The molecular formula is C21H29N3O3S. The van der Waals surface area contributed by atoms with E-state index < -0.39 is 9.84 Å². The van der Waals surface area contributed by atoms with Crippen LogP contribution in [0.15, 0.2) is 24.3 Å². The number of rotatable bonds is 6. The average Bonchev–Trinajstić information content (AvgIpc) is 2.97. The van der Waals surface area contributed by atoms with Crippen molar-refractivity contribution < 1.29 is 13.2 Å². The molecule has 1 aromatic carbocycles. The highest BCUT2D eigenvalue weighted by atomic mass is 32.2. The number of nitrogens with zero attached hydrogens (tertiary/aromatic N) is 3. The normalized spacial score (nSPS) is 18.7. The summed E-state index contributed by atoms with van der Waals surface area (Å²) in [5.74, 6) is 0.0943. The van der Waals surface area contributed by atoms with Gasteiger partial charge in [0, 0.05) is 18.0 Å². The van der Waals surface area contributed by atoms with E-state index in [2.05, 4.69) is 9.88 Å². The highest BCUT2D eigenvalue weighted by molar-refractivity contribution is 7.91. The molecule has 1 atom stereocenters. The van der Waals surface area contributed by atoms with E-state index in [1.165, 1.54) is 0 Å². The average molecular weight is 404 g/mol. The molecule has 1 saturated heterocycles. The number of hydrogen-bond donors (Lipinski definition) is 0. The summed E-state index contributed by atoms with van der Waals surface area (Å²) < 4.78 is 24.0. The maximum absolute atomic E-state index is 13.4. The fraction of sp³-hybridized carbons (Fsp3) is 0.524. The number of hydrogen-bond acceptors (Lipinski definition) is 5. The van der Waals surface area contributed by atoms with Crippen LogP contribution < -0.4 is 0 Å². The number of fused-ring (bicyclic) bond motifs is 1. The van der Waals surface area contributed by atoms with E-state index in [0.717, 1.165) is 29.4 Å². The molecule has 0 bridgehead atoms. The number of carbonyl (C=O) groups is 1. The Morgan fingerprint density at radius 3 is 2.57 bits per heavy atom. The maximum atomic E-state index is 13.4. The lowest BCUT2D eigenvalue weighted by Gasteiger charge is -2.29. The van der Waals surface area contributed by atoms with Gasteiger partial charge in [-0.25, -0.2) is 8.42 Å². The first-order valence-electron chi connectivity index (χ1n) is 9.70. The molecule has 152 valence electrons. The van der Waals surface area contributed by atoms with Crippen LogP contribution in [0.1, 0.15) is 34.5 Å². The number of amides is 1. The van der Waals surface area contributed by atoms with Crippen LogP contribution in [0.3, 0.4) is 0 Å². The SMILES string of the molecule is Cc1ccc2cc(C(=O)N(CCCN(C)C)C3CCS(=O)(=O)C3)c(C)nc2c1. The number of benzene rings is 1. The van der Waals surface area contributed by atoms with E-state index in [1.54, 1.807) is 4.90 Å². The Hall–Kier alpha value is -1.99. The van der Waals surface area contributed by atoms with Crippen LogP contribution in [0, 0.1) is 13.8 Å². The molecule has 1 fully saturated rings. The van der Waals surface area contributed by atoms with E-state index in [9.17, 15) is 13.2 Å². The van der Waals surface area contributed by atoms with E-state index in [0.29, 0.717) is 24.2 Å². The predicted octanol–water partition coefficient (Wildman–Crippen LogP) is 2.43. The lowest BCUT2D eigenvalue weighted by atomic mass is 10.1. The molecule has 7 heteroatoms. The quantitative estimate of drug-likeness (QED) is 0.741. The Labute approximate surface area is 167 Å². The van der Waals surface area contributed by atoms with Crippen LogP contribution in [0.25, 0.3) is 10.9 Å². The van der Waals surface area contributed by atoms with Crippen molar-refractivity contribution in [2.45, 2.75) is 32.7 Å². The maximum Gasteiger partial charge on any atom is 0.255 e. The molecule has 1 unspecified atom stereocenters. The zero-order valence-corrected chi connectivity index (χ0v) is 17.9. The second kappa shape index (κ2) is 8.17. The molecule has 1 aliphatic rings. The lowest BCUT2D eigenvalue weighted by Crippen LogP contribution is -2.42. The van der Waals surface area contributed by atoms with Gasteiger partial charge in [0.25, 0.3) is 5.91 Å². The highest BCUT2D eigenvalue weighted by Crippen LogP contribution is 2.24. The van der Waals surface area contributed by atoms with E-state index in [-0.39, 0.29) is 23.5 Å². The minimum Gasteiger partial charge on any atom is -0.335 e. The van der Waals surface area contributed by atoms with Gasteiger partial charge in [0.15, 0.2) is 9.84 Å². The van der Waals surface area contributed by atoms with Crippen molar-refractivity contribution in [2.75, 3.05) is 38.7 Å². The molecule has 28 heavy (non-hydrogen) atoms. The van der Waals surface area contributed by atoms with Gasteiger partial charge in [-0.2, -0.15) is 0 Å². The number of carbonyl (C=O) groups excluding carboxylic acids is 1. The third kappa shape index (κ3) is 4.70. The van der Waals surface area contributed by atoms with Crippen LogP contribution in [0.4, 0.5) is 0 Å². The molecule has 2 aromatic rings. The summed E-state index contributed by atoms with van der Waals surface area (Å²) in [6.07, 6.45) is 1.31. The van der Waals surface area contributed by atoms with Gasteiger partial charge in [-0.3, -0.25) is 9.78 Å². The summed E-state index contributed by atoms with van der Waals surface area (Å²) in [6, 6.07) is 7.63. The second-order valence-electron chi connectivity index (χ2n) is 8.03. The Morgan fingerprint density at radius 1 is 1.18 bits per heavy atom. The summed E-state index contributed by atoms with van der Waals surface area (Å²) in [5, 5.41) is 0.923. The first-order valence-corrected chi connectivity index (χ1v) is 11.5. The van der Waals surface area contributed by atoms with Crippen molar-refractivity contribution in [3.05, 3.63) is 41.1 Å². The molecule has 2 heterocycles. The van der Waals surface area contributed by atoms with E-state index >= 15 is 0 Å². The van der Waals surface area contributed by atoms with Gasteiger partial charge in [0.05, 0.1) is 28.3 Å². The molecule has 3 rings (SSSR count). The zero-order chi connectivity index (χ0) is 20.5. The molecule has 1 aliphatic heterocycles. The third-order valence-electron chi connectivity index (χ3n) is 5.31. The fourth-order valence-corrected chi connectivity index (χ4v) is 5.50. The number of aryl methyl sites for hydroxylation is 2. The molecule has 0 saturated carbocycles. The van der Waals surface area contributed by atoms with Crippen LogP contribution in [0.5, 0.6) is 0 Å².